The van der Waals surface area contributed by atoms with Crippen molar-refractivity contribution in [3.05, 3.63) is 70.8 Å². The predicted octanol–water partition coefficient (Wildman–Crippen LogP) is 5.66. The molecule has 32 heavy (non-hydrogen) atoms. The lowest BCUT2D eigenvalue weighted by atomic mass is 10.0. The zero-order chi connectivity index (χ0) is 22.4. The second kappa shape index (κ2) is 7.75. The maximum atomic E-state index is 13.3. The van der Waals surface area contributed by atoms with Gasteiger partial charge in [0.1, 0.15) is 0 Å². The minimum atomic E-state index is -0.0334. The third kappa shape index (κ3) is 2.88. The second-order valence-electron chi connectivity index (χ2n) is 7.89. The number of aryl methyl sites for hydroxylation is 1. The normalized spacial score (nSPS) is 14.4. The summed E-state index contributed by atoms with van der Waals surface area (Å²) in [7, 11) is 4.67. The molecule has 5 rings (SSSR count). The molecule has 162 valence electrons. The molecule has 0 spiro atoms. The molecule has 0 amide bonds. The maximum Gasteiger partial charge on any atom is 0.204 e. The van der Waals surface area contributed by atoms with Gasteiger partial charge < -0.3 is 18.8 Å². The van der Waals surface area contributed by atoms with Crippen LogP contribution in [0, 0.1) is 0 Å². The van der Waals surface area contributed by atoms with Crippen molar-refractivity contribution in [1.29, 1.82) is 0 Å². The fraction of sp³-hybridized carbons (Fsp3) is 0.222. The maximum absolute atomic E-state index is 13.3. The van der Waals surface area contributed by atoms with Gasteiger partial charge in [-0.2, -0.15) is 0 Å². The molecule has 0 unspecified atom stereocenters. The molecule has 3 aromatic carbocycles. The first-order valence-corrected chi connectivity index (χ1v) is 10.7. The lowest BCUT2D eigenvalue weighted by Crippen LogP contribution is -2.03. The molecule has 0 aliphatic heterocycles. The topological polar surface area (TPSA) is 49.7 Å². The molecule has 0 saturated carbocycles. The molecule has 5 nitrogen and oxygen atoms in total. The molecule has 0 radical (unpaired) electrons. The Morgan fingerprint density at radius 2 is 1.66 bits per heavy atom. The minimum Gasteiger partial charge on any atom is -0.493 e. The lowest BCUT2D eigenvalue weighted by Gasteiger charge is -2.14. The van der Waals surface area contributed by atoms with Gasteiger partial charge in [-0.25, -0.2) is 0 Å². The summed E-state index contributed by atoms with van der Waals surface area (Å²) in [6.45, 7) is 3.06. The van der Waals surface area contributed by atoms with E-state index in [0.717, 1.165) is 23.2 Å². The summed E-state index contributed by atoms with van der Waals surface area (Å²) in [4.78, 5) is 13.3. The van der Waals surface area contributed by atoms with Gasteiger partial charge in [0.2, 0.25) is 5.75 Å². The number of ether oxygens (including phenoxy) is 3. The first-order valence-electron chi connectivity index (χ1n) is 10.7. The van der Waals surface area contributed by atoms with E-state index in [4.69, 9.17) is 14.2 Å². The molecule has 1 heterocycles. The number of methoxy groups -OCH3 is 3. The molecular formula is C27H25NO4. The van der Waals surface area contributed by atoms with Crippen LogP contribution in [-0.2, 0) is 13.0 Å². The van der Waals surface area contributed by atoms with E-state index in [-0.39, 0.29) is 5.78 Å². The number of ketones is 1. The Morgan fingerprint density at radius 1 is 0.906 bits per heavy atom. The zero-order valence-corrected chi connectivity index (χ0v) is 18.7. The van der Waals surface area contributed by atoms with Crippen LogP contribution in [0.4, 0.5) is 0 Å². The molecule has 1 aliphatic carbocycles. The Balaban J connectivity index is 1.62. The number of carbonyl (C=O) groups is 1. The van der Waals surface area contributed by atoms with Crippen LogP contribution < -0.4 is 14.2 Å². The summed E-state index contributed by atoms with van der Waals surface area (Å²) < 4.78 is 18.8. The van der Waals surface area contributed by atoms with E-state index in [0.29, 0.717) is 29.2 Å². The van der Waals surface area contributed by atoms with Gasteiger partial charge in [-0.15, -0.1) is 0 Å². The van der Waals surface area contributed by atoms with Crippen molar-refractivity contribution < 1.29 is 19.0 Å². The van der Waals surface area contributed by atoms with Gasteiger partial charge in [0.25, 0.3) is 0 Å². The van der Waals surface area contributed by atoms with E-state index in [1.54, 1.807) is 21.3 Å². The molecular weight excluding hydrogens is 402 g/mol. The fourth-order valence-electron chi connectivity index (χ4n) is 4.86. The Kier molecular flexibility index (Phi) is 4.89. The van der Waals surface area contributed by atoms with Crippen LogP contribution in [-0.4, -0.2) is 31.7 Å². The van der Waals surface area contributed by atoms with Gasteiger partial charge in [-0.3, -0.25) is 4.79 Å². The number of aromatic nitrogens is 1. The zero-order valence-electron chi connectivity index (χ0n) is 18.7. The number of hydrogen-bond donors (Lipinski definition) is 0. The monoisotopic (exact) mass is 427 g/mol. The predicted molar refractivity (Wildman–Crippen MR) is 127 cm³/mol. The van der Waals surface area contributed by atoms with Crippen LogP contribution >= 0.6 is 0 Å². The van der Waals surface area contributed by atoms with Gasteiger partial charge in [0.15, 0.2) is 17.3 Å². The number of fused-ring (bicyclic) bond motifs is 4. The SMILES string of the molecule is CCn1c2ccccc2c2cc(/C=C3/Cc4cc(OC)c(OC)c(OC)c4C3=O)ccc21. The highest BCUT2D eigenvalue weighted by atomic mass is 16.5. The van der Waals surface area contributed by atoms with Crippen LogP contribution in [0.25, 0.3) is 27.9 Å². The van der Waals surface area contributed by atoms with Crippen molar-refractivity contribution in [2.75, 3.05) is 21.3 Å². The first kappa shape index (κ1) is 20.2. The third-order valence-electron chi connectivity index (χ3n) is 6.26. The number of carbonyl (C=O) groups excluding carboxylic acids is 1. The molecule has 0 bridgehead atoms. The summed E-state index contributed by atoms with van der Waals surface area (Å²) >= 11 is 0. The molecule has 0 saturated heterocycles. The Labute approximate surface area is 186 Å². The smallest absolute Gasteiger partial charge is 0.204 e. The standard InChI is InChI=1S/C27H25NO4/c1-5-28-21-9-7-6-8-19(21)20-13-16(10-11-22(20)28)12-18-14-17-15-23(30-2)26(31-3)27(32-4)24(17)25(18)29/h6-13,15H,5,14H2,1-4H3/b18-12-. The van der Waals surface area contributed by atoms with Crippen LogP contribution in [0.15, 0.2) is 54.1 Å². The number of hydrogen-bond acceptors (Lipinski definition) is 4. The molecule has 1 aliphatic rings. The van der Waals surface area contributed by atoms with Gasteiger partial charge in [-0.1, -0.05) is 24.3 Å². The van der Waals surface area contributed by atoms with Crippen LogP contribution in [0.1, 0.15) is 28.4 Å². The van der Waals surface area contributed by atoms with Crippen molar-refractivity contribution in [2.24, 2.45) is 0 Å². The first-order chi connectivity index (χ1) is 15.6. The van der Waals surface area contributed by atoms with Crippen molar-refractivity contribution >= 4 is 33.7 Å². The van der Waals surface area contributed by atoms with E-state index in [9.17, 15) is 4.79 Å². The minimum absolute atomic E-state index is 0.0334. The second-order valence-corrected chi connectivity index (χ2v) is 7.89. The number of nitrogens with zero attached hydrogens (tertiary/aromatic N) is 1. The lowest BCUT2D eigenvalue weighted by molar-refractivity contribution is 0.103. The number of rotatable bonds is 5. The highest BCUT2D eigenvalue weighted by molar-refractivity contribution is 6.18. The molecule has 0 N–H and O–H groups in total. The number of allylic oxidation sites excluding steroid dienone is 1. The molecule has 0 atom stereocenters. The summed E-state index contributed by atoms with van der Waals surface area (Å²) in [6.07, 6.45) is 2.51. The van der Waals surface area contributed by atoms with Crippen LogP contribution in [0.2, 0.25) is 0 Å². The fourth-order valence-corrected chi connectivity index (χ4v) is 4.86. The van der Waals surface area contributed by atoms with Gasteiger partial charge in [-0.05, 0) is 48.4 Å². The average Bonchev–Trinajstić information content (AvgIpc) is 3.31. The number of para-hydroxylation sites is 1. The Hall–Kier alpha value is -3.73. The van der Waals surface area contributed by atoms with E-state index < -0.39 is 0 Å². The molecule has 5 heteroatoms. The highest BCUT2D eigenvalue weighted by Crippen LogP contribution is 2.46. The largest absolute Gasteiger partial charge is 0.493 e. The third-order valence-corrected chi connectivity index (χ3v) is 6.26. The summed E-state index contributed by atoms with van der Waals surface area (Å²) in [5, 5.41) is 2.42. The van der Waals surface area contributed by atoms with E-state index in [2.05, 4.69) is 54.0 Å². The van der Waals surface area contributed by atoms with Gasteiger partial charge in [0.05, 0.1) is 26.9 Å². The summed E-state index contributed by atoms with van der Waals surface area (Å²) in [5.74, 6) is 1.40. The van der Waals surface area contributed by atoms with Crippen molar-refractivity contribution in [3.8, 4) is 17.2 Å². The summed E-state index contributed by atoms with van der Waals surface area (Å²) in [6, 6.07) is 16.7. The van der Waals surface area contributed by atoms with Gasteiger partial charge in [0, 0.05) is 40.3 Å². The summed E-state index contributed by atoms with van der Waals surface area (Å²) in [5.41, 5.74) is 5.60. The quantitative estimate of drug-likeness (QED) is 0.386. The van der Waals surface area contributed by atoms with Gasteiger partial charge >= 0.3 is 0 Å². The Bertz CT molecular complexity index is 1410. The van der Waals surface area contributed by atoms with Crippen LogP contribution in [0.3, 0.4) is 0 Å². The highest BCUT2D eigenvalue weighted by Gasteiger charge is 2.32. The van der Waals surface area contributed by atoms with Crippen LogP contribution in [0.5, 0.6) is 17.2 Å². The van der Waals surface area contributed by atoms with Crippen molar-refractivity contribution in [1.82, 2.24) is 4.57 Å². The van der Waals surface area contributed by atoms with Crippen molar-refractivity contribution in [2.45, 2.75) is 19.9 Å². The molecule has 0 fully saturated rings. The Morgan fingerprint density at radius 3 is 2.38 bits per heavy atom. The van der Waals surface area contributed by atoms with E-state index in [1.165, 1.54) is 21.8 Å². The van der Waals surface area contributed by atoms with E-state index >= 15 is 0 Å². The van der Waals surface area contributed by atoms with E-state index in [1.807, 2.05) is 12.1 Å². The van der Waals surface area contributed by atoms with Crippen molar-refractivity contribution in [3.63, 3.8) is 0 Å². The molecule has 1 aromatic heterocycles. The number of Topliss-reactive ketones (excluding diaryl/α,β-unsaturated/α-hetero) is 1. The number of benzene rings is 3. The average molecular weight is 428 g/mol. The molecule has 4 aromatic rings.